The second-order valence-electron chi connectivity index (χ2n) is 5.66. The summed E-state index contributed by atoms with van der Waals surface area (Å²) in [5.41, 5.74) is 6.55. The van der Waals surface area contributed by atoms with Crippen molar-refractivity contribution in [3.05, 3.63) is 29.6 Å². The Hall–Kier alpha value is -1.49. The standard InChI is InChI=1S/C15H23N3OS/c1-9(2)12(10(3)4)8-18-15(19)13-6-5-11(7-17-13)14(16)20/h5-7,9-10,12H,8H2,1-4H3,(H2,16,20)(H,18,19). The van der Waals surface area contributed by atoms with Gasteiger partial charge in [-0.2, -0.15) is 0 Å². The Morgan fingerprint density at radius 1 is 1.30 bits per heavy atom. The van der Waals surface area contributed by atoms with E-state index in [0.29, 0.717) is 35.6 Å². The number of nitrogens with one attached hydrogen (secondary N) is 1. The van der Waals surface area contributed by atoms with Crippen molar-refractivity contribution in [2.45, 2.75) is 27.7 Å². The molecule has 0 spiro atoms. The van der Waals surface area contributed by atoms with Gasteiger partial charge in [0.05, 0.1) is 0 Å². The van der Waals surface area contributed by atoms with Crippen molar-refractivity contribution in [3.63, 3.8) is 0 Å². The number of carbonyl (C=O) groups is 1. The first-order valence-electron chi connectivity index (χ1n) is 6.87. The number of carbonyl (C=O) groups excluding carboxylic acids is 1. The molecule has 0 aliphatic carbocycles. The number of nitrogens with zero attached hydrogens (tertiary/aromatic N) is 1. The third-order valence-electron chi connectivity index (χ3n) is 3.49. The molecule has 0 bridgehead atoms. The van der Waals surface area contributed by atoms with Crippen LogP contribution in [0.3, 0.4) is 0 Å². The van der Waals surface area contributed by atoms with Crippen molar-refractivity contribution in [3.8, 4) is 0 Å². The summed E-state index contributed by atoms with van der Waals surface area (Å²) < 4.78 is 0. The van der Waals surface area contributed by atoms with Gasteiger partial charge in [-0.05, 0) is 29.9 Å². The molecule has 20 heavy (non-hydrogen) atoms. The summed E-state index contributed by atoms with van der Waals surface area (Å²) in [4.78, 5) is 16.4. The molecule has 5 heteroatoms. The maximum absolute atomic E-state index is 12.0. The van der Waals surface area contributed by atoms with Crippen molar-refractivity contribution in [1.29, 1.82) is 0 Å². The normalized spacial score (nSPS) is 11.2. The molecule has 0 saturated carbocycles. The van der Waals surface area contributed by atoms with E-state index in [-0.39, 0.29) is 10.9 Å². The SMILES string of the molecule is CC(C)C(CNC(=O)c1ccc(C(N)=S)cn1)C(C)C. The Morgan fingerprint density at radius 2 is 1.90 bits per heavy atom. The number of rotatable bonds is 6. The summed E-state index contributed by atoms with van der Waals surface area (Å²) in [6, 6.07) is 3.36. The highest BCUT2D eigenvalue weighted by Crippen LogP contribution is 2.19. The van der Waals surface area contributed by atoms with E-state index in [1.807, 2.05) is 0 Å². The van der Waals surface area contributed by atoms with E-state index in [1.54, 1.807) is 12.1 Å². The number of thiocarbonyl (C=S) groups is 1. The van der Waals surface area contributed by atoms with Gasteiger partial charge >= 0.3 is 0 Å². The zero-order valence-electron chi connectivity index (χ0n) is 12.5. The fourth-order valence-corrected chi connectivity index (χ4v) is 2.34. The van der Waals surface area contributed by atoms with Crippen LogP contribution in [0.4, 0.5) is 0 Å². The quantitative estimate of drug-likeness (QED) is 0.790. The van der Waals surface area contributed by atoms with Gasteiger partial charge < -0.3 is 11.1 Å². The molecule has 0 radical (unpaired) electrons. The second-order valence-corrected chi connectivity index (χ2v) is 6.10. The summed E-state index contributed by atoms with van der Waals surface area (Å²) in [5, 5.41) is 2.94. The third-order valence-corrected chi connectivity index (χ3v) is 3.73. The molecule has 0 saturated heterocycles. The molecule has 0 fully saturated rings. The average molecular weight is 293 g/mol. The molecule has 3 N–H and O–H groups in total. The number of aromatic nitrogens is 1. The Labute approximate surface area is 126 Å². The van der Waals surface area contributed by atoms with Gasteiger partial charge in [0.15, 0.2) is 0 Å². The van der Waals surface area contributed by atoms with E-state index in [2.05, 4.69) is 38.0 Å². The van der Waals surface area contributed by atoms with E-state index in [9.17, 15) is 4.79 Å². The molecule has 1 aromatic rings. The molecule has 0 aliphatic heterocycles. The number of pyridine rings is 1. The van der Waals surface area contributed by atoms with Gasteiger partial charge in [0.25, 0.3) is 5.91 Å². The lowest BCUT2D eigenvalue weighted by molar-refractivity contribution is 0.0932. The predicted molar refractivity (Wildman–Crippen MR) is 85.6 cm³/mol. The lowest BCUT2D eigenvalue weighted by Gasteiger charge is -2.24. The summed E-state index contributed by atoms with van der Waals surface area (Å²) in [6.07, 6.45) is 1.53. The summed E-state index contributed by atoms with van der Waals surface area (Å²) in [6.45, 7) is 9.35. The smallest absolute Gasteiger partial charge is 0.269 e. The maximum Gasteiger partial charge on any atom is 0.269 e. The van der Waals surface area contributed by atoms with Crippen LogP contribution in [-0.2, 0) is 0 Å². The number of hydrogen-bond acceptors (Lipinski definition) is 3. The van der Waals surface area contributed by atoms with Crippen molar-refractivity contribution in [1.82, 2.24) is 10.3 Å². The summed E-state index contributed by atoms with van der Waals surface area (Å²) in [5.74, 6) is 1.35. The van der Waals surface area contributed by atoms with Gasteiger partial charge in [-0.1, -0.05) is 39.9 Å². The molecule has 110 valence electrons. The lowest BCUT2D eigenvalue weighted by Crippen LogP contribution is -2.34. The molecule has 0 aromatic carbocycles. The number of nitrogens with two attached hydrogens (primary N) is 1. The van der Waals surface area contributed by atoms with Crippen LogP contribution in [0.1, 0.15) is 43.7 Å². The van der Waals surface area contributed by atoms with Crippen molar-refractivity contribution < 1.29 is 4.79 Å². The Kier molecular flexibility index (Phi) is 6.07. The van der Waals surface area contributed by atoms with Crippen LogP contribution >= 0.6 is 12.2 Å². The van der Waals surface area contributed by atoms with E-state index >= 15 is 0 Å². The largest absolute Gasteiger partial charge is 0.389 e. The van der Waals surface area contributed by atoms with Crippen LogP contribution in [0.5, 0.6) is 0 Å². The van der Waals surface area contributed by atoms with Gasteiger partial charge in [0.2, 0.25) is 0 Å². The Balaban J connectivity index is 2.64. The Bertz CT molecular complexity index is 461. The van der Waals surface area contributed by atoms with Crippen LogP contribution in [0, 0.1) is 17.8 Å². The van der Waals surface area contributed by atoms with E-state index in [1.165, 1.54) is 6.20 Å². The van der Waals surface area contributed by atoms with Crippen LogP contribution in [0.15, 0.2) is 18.3 Å². The molecule has 0 atom stereocenters. The third kappa shape index (κ3) is 4.56. The van der Waals surface area contributed by atoms with Gasteiger partial charge in [0.1, 0.15) is 10.7 Å². The second kappa shape index (κ2) is 7.33. The minimum atomic E-state index is -0.161. The fraction of sp³-hybridized carbons (Fsp3) is 0.533. The molecule has 1 aromatic heterocycles. The summed E-state index contributed by atoms with van der Waals surface area (Å²) >= 11 is 4.85. The van der Waals surface area contributed by atoms with Crippen LogP contribution in [-0.4, -0.2) is 22.4 Å². The first-order chi connectivity index (χ1) is 9.32. The monoisotopic (exact) mass is 293 g/mol. The minimum absolute atomic E-state index is 0.161. The first kappa shape index (κ1) is 16.6. The molecule has 4 nitrogen and oxygen atoms in total. The maximum atomic E-state index is 12.0. The van der Waals surface area contributed by atoms with E-state index in [4.69, 9.17) is 18.0 Å². The van der Waals surface area contributed by atoms with Gasteiger partial charge in [-0.15, -0.1) is 0 Å². The molecule has 1 amide bonds. The number of amides is 1. The van der Waals surface area contributed by atoms with Crippen LogP contribution < -0.4 is 11.1 Å². The fourth-order valence-electron chi connectivity index (χ4n) is 2.22. The van der Waals surface area contributed by atoms with E-state index < -0.39 is 0 Å². The molecule has 0 unspecified atom stereocenters. The summed E-state index contributed by atoms with van der Waals surface area (Å²) in [7, 11) is 0. The zero-order chi connectivity index (χ0) is 15.3. The Morgan fingerprint density at radius 3 is 2.30 bits per heavy atom. The van der Waals surface area contributed by atoms with Crippen molar-refractivity contribution in [2.24, 2.45) is 23.5 Å². The highest BCUT2D eigenvalue weighted by atomic mass is 32.1. The lowest BCUT2D eigenvalue weighted by atomic mass is 9.85. The van der Waals surface area contributed by atoms with Crippen molar-refractivity contribution >= 4 is 23.1 Å². The molecular formula is C15H23N3OS. The van der Waals surface area contributed by atoms with Gasteiger partial charge in [0, 0.05) is 18.3 Å². The highest BCUT2D eigenvalue weighted by Gasteiger charge is 2.18. The molecule has 0 aliphatic rings. The molecule has 1 rings (SSSR count). The van der Waals surface area contributed by atoms with Gasteiger partial charge in [-0.3, -0.25) is 9.78 Å². The van der Waals surface area contributed by atoms with Crippen LogP contribution in [0.2, 0.25) is 0 Å². The molecule has 1 heterocycles. The first-order valence-corrected chi connectivity index (χ1v) is 7.27. The predicted octanol–water partition coefficient (Wildman–Crippen LogP) is 2.37. The number of hydrogen-bond donors (Lipinski definition) is 2. The van der Waals surface area contributed by atoms with Gasteiger partial charge in [-0.25, -0.2) is 0 Å². The minimum Gasteiger partial charge on any atom is -0.389 e. The zero-order valence-corrected chi connectivity index (χ0v) is 13.3. The van der Waals surface area contributed by atoms with Crippen LogP contribution in [0.25, 0.3) is 0 Å². The topological polar surface area (TPSA) is 68.0 Å². The molecular weight excluding hydrogens is 270 g/mol. The average Bonchev–Trinajstić information content (AvgIpc) is 2.38. The highest BCUT2D eigenvalue weighted by molar-refractivity contribution is 7.80. The van der Waals surface area contributed by atoms with E-state index in [0.717, 1.165) is 0 Å². The van der Waals surface area contributed by atoms with Crippen molar-refractivity contribution in [2.75, 3.05) is 6.54 Å².